The minimum absolute atomic E-state index is 0.249. The molecular formula is C9H12Br6N2O2. The summed E-state index contributed by atoms with van der Waals surface area (Å²) in [7, 11) is 0. The van der Waals surface area contributed by atoms with E-state index in [0.29, 0.717) is 19.5 Å². The molecule has 0 aromatic heterocycles. The van der Waals surface area contributed by atoms with E-state index in [1.54, 1.807) is 0 Å². The first-order valence-corrected chi connectivity index (χ1v) is 9.69. The monoisotopic (exact) mass is 654 g/mol. The molecule has 0 unspecified atom stereocenters. The summed E-state index contributed by atoms with van der Waals surface area (Å²) in [4.78, 5) is 24.2. The summed E-state index contributed by atoms with van der Waals surface area (Å²) in [5, 5.41) is 2.78. The maximum atomic E-state index is 11.7. The lowest BCUT2D eigenvalue weighted by Gasteiger charge is -2.35. The second kappa shape index (κ2) is 7.89. The molecule has 0 saturated carbocycles. The number of hydrogen-bond donors (Lipinski definition) is 1. The van der Waals surface area contributed by atoms with Crippen LogP contribution >= 0.6 is 95.6 Å². The number of carbonyl (C=O) groups is 2. The predicted molar refractivity (Wildman–Crippen MR) is 98.6 cm³/mol. The zero-order chi connectivity index (χ0) is 15.5. The molecule has 0 fully saturated rings. The molecule has 0 radical (unpaired) electrons. The Balaban J connectivity index is 4.56. The van der Waals surface area contributed by atoms with Crippen molar-refractivity contribution in [1.29, 1.82) is 0 Å². The van der Waals surface area contributed by atoms with Crippen molar-refractivity contribution >= 4 is 108 Å². The maximum absolute atomic E-state index is 11.7. The molecule has 0 aliphatic carbocycles. The minimum Gasteiger partial charge on any atom is -0.353 e. The van der Waals surface area contributed by atoms with Crippen molar-refractivity contribution in [1.82, 2.24) is 10.2 Å². The van der Waals surface area contributed by atoms with E-state index in [9.17, 15) is 9.59 Å². The highest BCUT2D eigenvalue weighted by Crippen LogP contribution is 2.38. The Morgan fingerprint density at radius 2 is 1.63 bits per heavy atom. The molecule has 0 bridgehead atoms. The average molecular weight is 660 g/mol. The average Bonchev–Trinajstić information content (AvgIpc) is 2.19. The van der Waals surface area contributed by atoms with Crippen molar-refractivity contribution < 1.29 is 9.59 Å². The van der Waals surface area contributed by atoms with Crippen LogP contribution < -0.4 is 5.32 Å². The fourth-order valence-electron chi connectivity index (χ4n) is 1.12. The Morgan fingerprint density at radius 3 is 1.95 bits per heavy atom. The first-order chi connectivity index (χ1) is 8.29. The summed E-state index contributed by atoms with van der Waals surface area (Å²) in [6.45, 7) is 4.73. The Hall–Kier alpha value is 1.82. The summed E-state index contributed by atoms with van der Waals surface area (Å²) in [6, 6.07) is 0. The highest BCUT2D eigenvalue weighted by Gasteiger charge is 2.34. The van der Waals surface area contributed by atoms with Crippen molar-refractivity contribution in [2.45, 2.75) is 18.3 Å². The molecule has 0 aliphatic heterocycles. The summed E-state index contributed by atoms with van der Waals surface area (Å²) >= 11 is 19.3. The second-order valence-corrected chi connectivity index (χ2v) is 17.9. The van der Waals surface area contributed by atoms with Crippen molar-refractivity contribution in [2.24, 2.45) is 5.41 Å². The van der Waals surface area contributed by atoms with Crippen molar-refractivity contribution in [3.8, 4) is 0 Å². The molecule has 0 atom stereocenters. The Kier molecular flexibility index (Phi) is 8.65. The van der Waals surface area contributed by atoms with E-state index in [2.05, 4.69) is 101 Å². The fraction of sp³-hybridized carbons (Fsp3) is 0.778. The molecule has 0 heterocycles. The van der Waals surface area contributed by atoms with Gasteiger partial charge in [0.15, 0.2) is 0 Å². The van der Waals surface area contributed by atoms with E-state index in [1.165, 1.54) is 4.90 Å². The van der Waals surface area contributed by atoms with Crippen LogP contribution in [0.3, 0.4) is 0 Å². The van der Waals surface area contributed by atoms with Crippen LogP contribution in [0.25, 0.3) is 0 Å². The minimum atomic E-state index is -0.975. The lowest BCUT2D eigenvalue weighted by molar-refractivity contribution is -0.120. The van der Waals surface area contributed by atoms with E-state index < -0.39 is 4.41 Å². The van der Waals surface area contributed by atoms with E-state index in [0.717, 1.165) is 0 Å². The summed E-state index contributed by atoms with van der Waals surface area (Å²) in [5.41, 5.74) is -0.310. The van der Waals surface area contributed by atoms with E-state index in [-0.39, 0.29) is 11.3 Å². The van der Waals surface area contributed by atoms with Gasteiger partial charge in [0.25, 0.3) is 5.91 Å². The third kappa shape index (κ3) is 8.75. The van der Waals surface area contributed by atoms with Gasteiger partial charge in [-0.1, -0.05) is 13.8 Å². The van der Waals surface area contributed by atoms with Gasteiger partial charge in [-0.15, -0.1) is 0 Å². The Morgan fingerprint density at radius 1 is 1.16 bits per heavy atom. The lowest BCUT2D eigenvalue weighted by atomic mass is 9.93. The standard InChI is InChI=1S/C9H12Br6N2O2/c1-7(2,3-16-6(19)8(10,11)12)4-17(5-18)9(13,14)15/h5H,3-4H2,1-2H3,(H,16,19). The lowest BCUT2D eigenvalue weighted by Crippen LogP contribution is -2.46. The van der Waals surface area contributed by atoms with Gasteiger partial charge in [0.2, 0.25) is 10.8 Å². The van der Waals surface area contributed by atoms with Crippen LogP contribution in [0.4, 0.5) is 0 Å². The SMILES string of the molecule is CC(C)(CNC(=O)C(Br)(Br)Br)CN(C=O)C(Br)(Br)Br. The van der Waals surface area contributed by atoms with Crippen molar-refractivity contribution in [3.05, 3.63) is 0 Å². The highest BCUT2D eigenvalue weighted by atomic mass is 80.0. The highest BCUT2D eigenvalue weighted by molar-refractivity contribution is 9.40. The molecule has 10 heteroatoms. The zero-order valence-corrected chi connectivity index (χ0v) is 19.5. The topological polar surface area (TPSA) is 49.4 Å². The van der Waals surface area contributed by atoms with Crippen LogP contribution in [0.15, 0.2) is 0 Å². The molecule has 19 heavy (non-hydrogen) atoms. The number of amides is 2. The molecule has 0 saturated heterocycles. The number of carbonyl (C=O) groups excluding carboxylic acids is 2. The Labute approximate surface area is 162 Å². The molecule has 4 nitrogen and oxygen atoms in total. The number of nitrogens with zero attached hydrogens (tertiary/aromatic N) is 1. The van der Waals surface area contributed by atoms with Gasteiger partial charge in [0, 0.05) is 13.1 Å². The fourth-order valence-corrected chi connectivity index (χ4v) is 2.17. The normalized spacial score (nSPS) is 13.1. The number of rotatable bonds is 5. The van der Waals surface area contributed by atoms with Crippen LogP contribution in [0.2, 0.25) is 0 Å². The molecule has 0 spiro atoms. The first-order valence-electron chi connectivity index (χ1n) is 4.93. The van der Waals surface area contributed by atoms with Crippen LogP contribution in [0.5, 0.6) is 0 Å². The molecule has 2 amide bonds. The van der Waals surface area contributed by atoms with Crippen LogP contribution in [-0.2, 0) is 9.59 Å². The van der Waals surface area contributed by atoms with Gasteiger partial charge in [-0.3, -0.25) is 9.59 Å². The molecule has 0 aromatic carbocycles. The van der Waals surface area contributed by atoms with E-state index in [4.69, 9.17) is 0 Å². The van der Waals surface area contributed by atoms with Crippen molar-refractivity contribution in [2.75, 3.05) is 13.1 Å². The third-order valence-electron chi connectivity index (χ3n) is 2.04. The van der Waals surface area contributed by atoms with Gasteiger partial charge in [0.1, 0.15) is 0 Å². The summed E-state index contributed by atoms with van der Waals surface area (Å²) in [5.74, 6) is -0.249. The molecule has 0 aliphatic rings. The van der Waals surface area contributed by atoms with Gasteiger partial charge < -0.3 is 10.2 Å². The van der Waals surface area contributed by atoms with Crippen LogP contribution in [0.1, 0.15) is 13.8 Å². The number of hydrogen-bond acceptors (Lipinski definition) is 2. The van der Waals surface area contributed by atoms with Crippen molar-refractivity contribution in [3.63, 3.8) is 0 Å². The van der Waals surface area contributed by atoms with Gasteiger partial charge in [-0.05, 0) is 101 Å². The Bertz CT molecular complexity index is 337. The summed E-state index contributed by atoms with van der Waals surface area (Å²) in [6.07, 6.45) is 0.714. The molecule has 1 N–H and O–H groups in total. The number of halogens is 6. The largest absolute Gasteiger partial charge is 0.353 e. The van der Waals surface area contributed by atoms with E-state index >= 15 is 0 Å². The maximum Gasteiger partial charge on any atom is 0.258 e. The van der Waals surface area contributed by atoms with Crippen LogP contribution in [0, 0.1) is 5.41 Å². The van der Waals surface area contributed by atoms with E-state index in [1.807, 2.05) is 13.8 Å². The number of nitrogens with one attached hydrogen (secondary N) is 1. The third-order valence-corrected chi connectivity index (χ3v) is 4.48. The molecule has 0 aromatic rings. The van der Waals surface area contributed by atoms with Gasteiger partial charge in [-0.25, -0.2) is 0 Å². The predicted octanol–water partition coefficient (Wildman–Crippen LogP) is 4.22. The molecule has 112 valence electrons. The first kappa shape index (κ1) is 20.8. The van der Waals surface area contributed by atoms with Gasteiger partial charge in [0.05, 0.1) is 0 Å². The van der Waals surface area contributed by atoms with Gasteiger partial charge in [-0.2, -0.15) is 0 Å². The van der Waals surface area contributed by atoms with Gasteiger partial charge >= 0.3 is 0 Å². The number of alkyl halides is 6. The zero-order valence-electron chi connectivity index (χ0n) is 10.0. The molecular weight excluding hydrogens is 648 g/mol. The second-order valence-electron chi connectivity index (χ2n) is 4.55. The summed E-state index contributed by atoms with van der Waals surface area (Å²) < 4.78 is -1.77. The smallest absolute Gasteiger partial charge is 0.258 e. The molecule has 0 rings (SSSR count). The quantitative estimate of drug-likeness (QED) is 0.273. The van der Waals surface area contributed by atoms with Crippen LogP contribution in [-0.4, -0.2) is 34.7 Å².